The van der Waals surface area contributed by atoms with Crippen molar-refractivity contribution in [3.63, 3.8) is 0 Å². The number of hydrogen-bond acceptors (Lipinski definition) is 6. The molecule has 19 heavy (non-hydrogen) atoms. The van der Waals surface area contributed by atoms with Gasteiger partial charge in [-0.15, -0.1) is 0 Å². The van der Waals surface area contributed by atoms with Crippen LogP contribution in [0.4, 0.5) is 5.82 Å². The van der Waals surface area contributed by atoms with Crippen molar-refractivity contribution in [1.82, 2.24) is 9.97 Å². The molecule has 104 valence electrons. The third-order valence-corrected chi connectivity index (χ3v) is 4.00. The largest absolute Gasteiger partial charge is 0.481 e. The highest BCUT2D eigenvalue weighted by molar-refractivity contribution is 8.13. The van der Waals surface area contributed by atoms with E-state index in [9.17, 15) is 13.2 Å². The maximum atomic E-state index is 11.9. The van der Waals surface area contributed by atoms with Gasteiger partial charge in [-0.05, 0) is 0 Å². The normalized spacial score (nSPS) is 19.8. The van der Waals surface area contributed by atoms with Crippen LogP contribution in [0.3, 0.4) is 0 Å². The number of hydrogen-bond donors (Lipinski definition) is 0. The van der Waals surface area contributed by atoms with Gasteiger partial charge in [-0.1, -0.05) is 0 Å². The molecule has 0 saturated carbocycles. The van der Waals surface area contributed by atoms with Crippen LogP contribution < -0.4 is 9.64 Å². The zero-order chi connectivity index (χ0) is 14.0. The van der Waals surface area contributed by atoms with Crippen LogP contribution in [0.5, 0.6) is 5.88 Å². The molecule has 0 spiro atoms. The molecular formula is C10H12ClN3O4S. The Morgan fingerprint density at radius 2 is 2.26 bits per heavy atom. The number of carbonyl (C=O) groups excluding carboxylic acids is 1. The first-order valence-electron chi connectivity index (χ1n) is 5.48. The van der Waals surface area contributed by atoms with E-state index in [1.165, 1.54) is 24.4 Å². The smallest absolute Gasteiger partial charge is 0.232 e. The van der Waals surface area contributed by atoms with Gasteiger partial charge in [-0.3, -0.25) is 9.69 Å². The zero-order valence-corrected chi connectivity index (χ0v) is 11.7. The van der Waals surface area contributed by atoms with Gasteiger partial charge in [0.15, 0.2) is 0 Å². The summed E-state index contributed by atoms with van der Waals surface area (Å²) in [5.41, 5.74) is 0. The molecule has 2 rings (SSSR count). The lowest BCUT2D eigenvalue weighted by Gasteiger charge is -2.15. The molecule has 2 heterocycles. The summed E-state index contributed by atoms with van der Waals surface area (Å²) >= 11 is 0. The summed E-state index contributed by atoms with van der Waals surface area (Å²) in [5, 5.41) is 0. The highest BCUT2D eigenvalue weighted by Gasteiger charge is 2.34. The predicted octanol–water partition coefficient (Wildman–Crippen LogP) is 0.407. The van der Waals surface area contributed by atoms with Gasteiger partial charge in [0, 0.05) is 35.6 Å². The van der Waals surface area contributed by atoms with E-state index in [-0.39, 0.29) is 30.5 Å². The van der Waals surface area contributed by atoms with Gasteiger partial charge in [-0.25, -0.2) is 18.4 Å². The van der Waals surface area contributed by atoms with E-state index in [2.05, 4.69) is 9.97 Å². The van der Waals surface area contributed by atoms with Crippen LogP contribution >= 0.6 is 10.7 Å². The summed E-state index contributed by atoms with van der Waals surface area (Å²) in [5.74, 6) is -0.00138. The van der Waals surface area contributed by atoms with Gasteiger partial charge in [0.2, 0.25) is 20.8 Å². The van der Waals surface area contributed by atoms with Crippen molar-refractivity contribution in [2.75, 3.05) is 24.3 Å². The summed E-state index contributed by atoms with van der Waals surface area (Å²) in [4.78, 5) is 21.1. The third kappa shape index (κ3) is 3.54. The summed E-state index contributed by atoms with van der Waals surface area (Å²) in [7, 11) is 3.04. The summed E-state index contributed by atoms with van der Waals surface area (Å²) in [6.07, 6.45) is 1.42. The van der Waals surface area contributed by atoms with Crippen LogP contribution in [0.1, 0.15) is 6.42 Å². The van der Waals surface area contributed by atoms with Crippen molar-refractivity contribution in [3.05, 3.63) is 12.4 Å². The molecule has 1 saturated heterocycles. The number of ether oxygens (including phenoxy) is 1. The lowest BCUT2D eigenvalue weighted by Crippen LogP contribution is -2.26. The fourth-order valence-corrected chi connectivity index (χ4v) is 3.31. The zero-order valence-electron chi connectivity index (χ0n) is 10.1. The Morgan fingerprint density at radius 1 is 1.53 bits per heavy atom. The lowest BCUT2D eigenvalue weighted by atomic mass is 10.1. The Kier molecular flexibility index (Phi) is 3.91. The van der Waals surface area contributed by atoms with E-state index in [0.717, 1.165) is 0 Å². The van der Waals surface area contributed by atoms with E-state index in [4.69, 9.17) is 15.4 Å². The summed E-state index contributed by atoms with van der Waals surface area (Å²) < 4.78 is 27.0. The van der Waals surface area contributed by atoms with Gasteiger partial charge < -0.3 is 4.74 Å². The van der Waals surface area contributed by atoms with Crippen LogP contribution in [0.15, 0.2) is 12.4 Å². The number of carbonyl (C=O) groups is 1. The Balaban J connectivity index is 2.15. The van der Waals surface area contributed by atoms with Crippen LogP contribution in [0, 0.1) is 5.92 Å². The minimum Gasteiger partial charge on any atom is -0.481 e. The van der Waals surface area contributed by atoms with Crippen LogP contribution in [0.2, 0.25) is 0 Å². The highest BCUT2D eigenvalue weighted by Crippen LogP contribution is 2.26. The molecule has 9 heteroatoms. The molecule has 7 nitrogen and oxygen atoms in total. The molecule has 1 fully saturated rings. The predicted molar refractivity (Wildman–Crippen MR) is 68.7 cm³/mol. The van der Waals surface area contributed by atoms with E-state index in [1.54, 1.807) is 0 Å². The lowest BCUT2D eigenvalue weighted by molar-refractivity contribution is -0.117. The average molecular weight is 306 g/mol. The van der Waals surface area contributed by atoms with Gasteiger partial charge in [-0.2, -0.15) is 0 Å². The first kappa shape index (κ1) is 14.0. The molecule has 0 N–H and O–H groups in total. The SMILES string of the molecule is COc1cc(N2CC(CS(=O)(=O)Cl)CC2=O)ncn1. The van der Waals surface area contributed by atoms with Crippen LogP contribution in [-0.4, -0.2) is 43.7 Å². The van der Waals surface area contributed by atoms with Crippen LogP contribution in [0.25, 0.3) is 0 Å². The number of halogens is 1. The molecule has 0 aromatic carbocycles. The molecule has 0 aliphatic carbocycles. The van der Waals surface area contributed by atoms with Crippen molar-refractivity contribution < 1.29 is 17.9 Å². The quantitative estimate of drug-likeness (QED) is 0.748. The van der Waals surface area contributed by atoms with Crippen molar-refractivity contribution in [2.24, 2.45) is 5.92 Å². The second kappa shape index (κ2) is 5.30. The number of aromatic nitrogens is 2. The molecule has 1 aliphatic heterocycles. The van der Waals surface area contributed by atoms with Gasteiger partial charge in [0.25, 0.3) is 0 Å². The van der Waals surface area contributed by atoms with E-state index in [0.29, 0.717) is 11.7 Å². The first-order chi connectivity index (χ1) is 8.89. The minimum atomic E-state index is -3.61. The van der Waals surface area contributed by atoms with Crippen molar-refractivity contribution in [1.29, 1.82) is 0 Å². The number of methoxy groups -OCH3 is 1. The Morgan fingerprint density at radius 3 is 2.89 bits per heavy atom. The van der Waals surface area contributed by atoms with E-state index < -0.39 is 9.05 Å². The first-order valence-corrected chi connectivity index (χ1v) is 7.95. The molecule has 1 amide bonds. The minimum absolute atomic E-state index is 0.137. The van der Waals surface area contributed by atoms with Crippen LogP contribution in [-0.2, 0) is 13.8 Å². The third-order valence-electron chi connectivity index (χ3n) is 2.75. The monoisotopic (exact) mass is 305 g/mol. The Bertz CT molecular complexity index is 592. The molecule has 1 aromatic rings. The second-order valence-corrected chi connectivity index (χ2v) is 7.02. The second-order valence-electron chi connectivity index (χ2n) is 4.20. The molecule has 0 bridgehead atoms. The standard InChI is InChI=1S/C10H12ClN3O4S/c1-18-9-3-8(12-6-13-9)14-4-7(2-10(14)15)5-19(11,16)17/h3,6-7H,2,4-5H2,1H3. The summed E-state index contributed by atoms with van der Waals surface area (Å²) in [6.45, 7) is 0.269. The molecule has 1 unspecified atom stereocenters. The fourth-order valence-electron chi connectivity index (χ4n) is 1.99. The molecule has 1 aromatic heterocycles. The number of rotatable bonds is 4. The maximum absolute atomic E-state index is 11.9. The van der Waals surface area contributed by atoms with Crippen molar-refractivity contribution in [3.8, 4) is 5.88 Å². The number of anilines is 1. The van der Waals surface area contributed by atoms with E-state index in [1.807, 2.05) is 0 Å². The maximum Gasteiger partial charge on any atom is 0.232 e. The Hall–Kier alpha value is -1.41. The molecule has 1 aliphatic rings. The topological polar surface area (TPSA) is 89.5 Å². The Labute approximate surface area is 115 Å². The fraction of sp³-hybridized carbons (Fsp3) is 0.500. The average Bonchev–Trinajstić information content (AvgIpc) is 2.68. The molecule has 0 radical (unpaired) electrons. The van der Waals surface area contributed by atoms with E-state index >= 15 is 0 Å². The van der Waals surface area contributed by atoms with Gasteiger partial charge in [0.05, 0.1) is 12.9 Å². The molecular weight excluding hydrogens is 294 g/mol. The van der Waals surface area contributed by atoms with Gasteiger partial charge >= 0.3 is 0 Å². The van der Waals surface area contributed by atoms with Gasteiger partial charge in [0.1, 0.15) is 12.1 Å². The summed E-state index contributed by atoms with van der Waals surface area (Å²) in [6, 6.07) is 1.52. The van der Waals surface area contributed by atoms with Crippen molar-refractivity contribution in [2.45, 2.75) is 6.42 Å². The highest BCUT2D eigenvalue weighted by atomic mass is 35.7. The number of amides is 1. The molecule has 1 atom stereocenters. The number of nitrogens with zero attached hydrogens (tertiary/aromatic N) is 3. The van der Waals surface area contributed by atoms with Crippen molar-refractivity contribution >= 4 is 31.5 Å².